The molecule has 0 unspecified atom stereocenters. The number of carbonyl (C=O) groups is 2. The number of hydrogen-bond acceptors (Lipinski definition) is 4. The zero-order chi connectivity index (χ0) is 20.8. The van der Waals surface area contributed by atoms with E-state index in [-0.39, 0.29) is 24.5 Å². The van der Waals surface area contributed by atoms with Gasteiger partial charge >= 0.3 is 0 Å². The second-order valence-electron chi connectivity index (χ2n) is 7.35. The van der Waals surface area contributed by atoms with Gasteiger partial charge in [-0.25, -0.2) is 0 Å². The topological polar surface area (TPSA) is 83.7 Å². The molecule has 0 saturated heterocycles. The van der Waals surface area contributed by atoms with Crippen LogP contribution in [-0.2, 0) is 16.0 Å². The van der Waals surface area contributed by atoms with Crippen molar-refractivity contribution in [3.05, 3.63) is 59.3 Å². The number of H-pyrrole nitrogens is 1. The Morgan fingerprint density at radius 2 is 2.00 bits per heavy atom. The van der Waals surface area contributed by atoms with Gasteiger partial charge in [-0.05, 0) is 29.3 Å². The minimum atomic E-state index is -0.677. The highest BCUT2D eigenvalue weighted by atomic mass is 35.5. The van der Waals surface area contributed by atoms with Crippen molar-refractivity contribution in [2.45, 2.75) is 18.5 Å². The number of nitrogens with one attached hydrogen (secondary N) is 2. The first-order chi connectivity index (χ1) is 14.6. The average molecular weight is 426 g/mol. The summed E-state index contributed by atoms with van der Waals surface area (Å²) in [6.07, 6.45) is 0.405. The molecule has 0 radical (unpaired) electrons. The number of carbonyl (C=O) groups excluding carboxylic acids is 2. The molecule has 8 heteroatoms. The number of benzene rings is 2. The normalized spacial score (nSPS) is 19.6. The largest absolute Gasteiger partial charge is 0.454 e. The molecule has 0 fully saturated rings. The lowest BCUT2D eigenvalue weighted by Gasteiger charge is -2.41. The van der Waals surface area contributed by atoms with Crippen LogP contribution in [0.5, 0.6) is 11.5 Å². The van der Waals surface area contributed by atoms with Gasteiger partial charge in [-0.3, -0.25) is 9.59 Å². The van der Waals surface area contributed by atoms with Gasteiger partial charge in [0.25, 0.3) is 0 Å². The zero-order valence-corrected chi connectivity index (χ0v) is 17.0. The molecule has 1 aromatic heterocycles. The number of likely N-dealkylation sites (N-methyl/N-ethyl adjacent to an activating group) is 1. The van der Waals surface area contributed by atoms with Crippen molar-refractivity contribution in [3.63, 3.8) is 0 Å². The Kier molecular flexibility index (Phi) is 4.55. The maximum atomic E-state index is 13.0. The molecule has 2 N–H and O–H groups in total. The van der Waals surface area contributed by atoms with Gasteiger partial charge in [0.2, 0.25) is 18.6 Å². The van der Waals surface area contributed by atoms with Crippen LogP contribution in [0.25, 0.3) is 10.9 Å². The molecule has 0 aliphatic carbocycles. The fourth-order valence-corrected chi connectivity index (χ4v) is 4.61. The van der Waals surface area contributed by atoms with Crippen LogP contribution < -0.4 is 14.8 Å². The first-order valence-electron chi connectivity index (χ1n) is 9.70. The lowest BCUT2D eigenvalue weighted by atomic mass is 9.87. The van der Waals surface area contributed by atoms with Crippen LogP contribution in [0, 0.1) is 0 Å². The van der Waals surface area contributed by atoms with Crippen molar-refractivity contribution in [2.24, 2.45) is 0 Å². The van der Waals surface area contributed by atoms with Gasteiger partial charge in [0.1, 0.15) is 11.9 Å². The number of aromatic nitrogens is 1. The number of alkyl halides is 1. The van der Waals surface area contributed by atoms with E-state index < -0.39 is 12.1 Å². The van der Waals surface area contributed by atoms with Crippen LogP contribution in [-0.4, -0.2) is 47.5 Å². The van der Waals surface area contributed by atoms with Crippen LogP contribution in [0.3, 0.4) is 0 Å². The molecule has 0 spiro atoms. The summed E-state index contributed by atoms with van der Waals surface area (Å²) in [4.78, 5) is 30.9. The summed E-state index contributed by atoms with van der Waals surface area (Å²) in [5.74, 6) is 0.520. The van der Waals surface area contributed by atoms with E-state index in [9.17, 15) is 9.59 Å². The number of amides is 2. The molecular weight excluding hydrogens is 406 g/mol. The number of aromatic amines is 1. The number of ether oxygens (including phenoxy) is 2. The molecule has 30 heavy (non-hydrogen) atoms. The number of rotatable bonds is 3. The minimum absolute atomic E-state index is 0.159. The summed E-state index contributed by atoms with van der Waals surface area (Å²) in [5, 5.41) is 3.74. The number of halogens is 1. The number of nitrogens with zero attached hydrogens (tertiary/aromatic N) is 1. The Labute approximate surface area is 177 Å². The van der Waals surface area contributed by atoms with E-state index in [1.165, 1.54) is 0 Å². The highest BCUT2D eigenvalue weighted by Crippen LogP contribution is 2.43. The SMILES string of the molecule is CNC(=O)[C@H]1Cc2c([nH]c3ccccc23)[C@@H](c2ccc3c(c2)OCO3)N1C(=O)CCl. The Bertz CT molecular complexity index is 1160. The van der Waals surface area contributed by atoms with Crippen molar-refractivity contribution in [1.82, 2.24) is 15.2 Å². The Balaban J connectivity index is 1.75. The van der Waals surface area contributed by atoms with E-state index in [4.69, 9.17) is 21.1 Å². The van der Waals surface area contributed by atoms with Crippen molar-refractivity contribution >= 4 is 34.3 Å². The van der Waals surface area contributed by atoms with Gasteiger partial charge in [-0.15, -0.1) is 11.6 Å². The van der Waals surface area contributed by atoms with Crippen molar-refractivity contribution in [3.8, 4) is 11.5 Å². The molecule has 3 heterocycles. The molecule has 154 valence electrons. The predicted octanol–water partition coefficient (Wildman–Crippen LogP) is 2.72. The molecule has 0 bridgehead atoms. The lowest BCUT2D eigenvalue weighted by Crippen LogP contribution is -2.54. The van der Waals surface area contributed by atoms with Crippen LogP contribution in [0.4, 0.5) is 0 Å². The fourth-order valence-electron chi connectivity index (χ4n) is 4.47. The van der Waals surface area contributed by atoms with Gasteiger partial charge in [0.15, 0.2) is 11.5 Å². The molecular formula is C22H20ClN3O4. The van der Waals surface area contributed by atoms with E-state index in [1.54, 1.807) is 11.9 Å². The zero-order valence-electron chi connectivity index (χ0n) is 16.3. The summed E-state index contributed by atoms with van der Waals surface area (Å²) in [6.45, 7) is 0.159. The summed E-state index contributed by atoms with van der Waals surface area (Å²) >= 11 is 5.97. The molecule has 7 nitrogen and oxygen atoms in total. The van der Waals surface area contributed by atoms with Crippen LogP contribution in [0.1, 0.15) is 22.9 Å². The van der Waals surface area contributed by atoms with E-state index >= 15 is 0 Å². The van der Waals surface area contributed by atoms with E-state index in [2.05, 4.69) is 10.3 Å². The van der Waals surface area contributed by atoms with E-state index in [1.807, 2.05) is 42.5 Å². The van der Waals surface area contributed by atoms with E-state index in [0.29, 0.717) is 17.9 Å². The summed E-state index contributed by atoms with van der Waals surface area (Å²) < 4.78 is 11.0. The van der Waals surface area contributed by atoms with Gasteiger partial charge in [0.05, 0.1) is 6.04 Å². The van der Waals surface area contributed by atoms with Gasteiger partial charge in [-0.2, -0.15) is 0 Å². The molecule has 5 rings (SSSR count). The smallest absolute Gasteiger partial charge is 0.242 e. The van der Waals surface area contributed by atoms with Crippen molar-refractivity contribution < 1.29 is 19.1 Å². The summed E-state index contributed by atoms with van der Waals surface area (Å²) in [7, 11) is 1.58. The van der Waals surface area contributed by atoms with Crippen LogP contribution >= 0.6 is 11.6 Å². The highest BCUT2D eigenvalue weighted by Gasteiger charge is 2.43. The maximum Gasteiger partial charge on any atom is 0.242 e. The third-order valence-electron chi connectivity index (χ3n) is 5.80. The van der Waals surface area contributed by atoms with Gasteiger partial charge in [-0.1, -0.05) is 24.3 Å². The predicted molar refractivity (Wildman–Crippen MR) is 112 cm³/mol. The molecule has 2 aliphatic rings. The minimum Gasteiger partial charge on any atom is -0.454 e. The van der Waals surface area contributed by atoms with Crippen LogP contribution in [0.2, 0.25) is 0 Å². The van der Waals surface area contributed by atoms with Crippen molar-refractivity contribution in [2.75, 3.05) is 19.7 Å². The van der Waals surface area contributed by atoms with Gasteiger partial charge in [0, 0.05) is 30.1 Å². The maximum absolute atomic E-state index is 13.0. The molecule has 2 aromatic carbocycles. The molecule has 0 saturated carbocycles. The Morgan fingerprint density at radius 1 is 1.20 bits per heavy atom. The van der Waals surface area contributed by atoms with Crippen molar-refractivity contribution in [1.29, 1.82) is 0 Å². The van der Waals surface area contributed by atoms with Crippen LogP contribution in [0.15, 0.2) is 42.5 Å². The van der Waals surface area contributed by atoms with E-state index in [0.717, 1.165) is 27.7 Å². The number of para-hydroxylation sites is 1. The quantitative estimate of drug-likeness (QED) is 0.632. The first kappa shape index (κ1) is 18.8. The number of fused-ring (bicyclic) bond motifs is 4. The van der Waals surface area contributed by atoms with Gasteiger partial charge < -0.3 is 24.7 Å². The second-order valence-corrected chi connectivity index (χ2v) is 7.61. The monoisotopic (exact) mass is 425 g/mol. The Morgan fingerprint density at radius 3 is 2.80 bits per heavy atom. The third-order valence-corrected chi connectivity index (χ3v) is 6.02. The standard InChI is InChI=1S/C22H20ClN3O4/c1-24-22(28)16-9-14-13-4-2-3-5-15(13)25-20(14)21(26(16)19(27)10-23)12-6-7-17-18(8-12)30-11-29-17/h2-8,16,21,25H,9-11H2,1H3,(H,24,28)/t16-,21-/m1/s1. The fraction of sp³-hybridized carbons (Fsp3) is 0.273. The number of hydrogen-bond donors (Lipinski definition) is 2. The molecule has 2 aliphatic heterocycles. The highest BCUT2D eigenvalue weighted by molar-refractivity contribution is 6.27. The lowest BCUT2D eigenvalue weighted by molar-refractivity contribution is -0.141. The average Bonchev–Trinajstić information content (AvgIpc) is 3.40. The molecule has 2 atom stereocenters. The summed E-state index contributed by atoms with van der Waals surface area (Å²) in [6, 6.07) is 12.3. The Hall–Kier alpha value is -3.19. The third kappa shape index (κ3) is 2.81. The molecule has 3 aromatic rings. The second kappa shape index (κ2) is 7.25. The molecule has 2 amide bonds. The summed E-state index contributed by atoms with van der Waals surface area (Å²) in [5.41, 5.74) is 3.69. The first-order valence-corrected chi connectivity index (χ1v) is 10.2.